The molecule has 6 heteroatoms. The van der Waals surface area contributed by atoms with E-state index in [1.54, 1.807) is 13.1 Å². The van der Waals surface area contributed by atoms with Gasteiger partial charge in [0.2, 0.25) is 0 Å². The molecule has 0 aliphatic heterocycles. The van der Waals surface area contributed by atoms with E-state index in [1.807, 2.05) is 0 Å². The first-order valence-electron chi connectivity index (χ1n) is 4.68. The van der Waals surface area contributed by atoms with Gasteiger partial charge in [-0.3, -0.25) is 0 Å². The molecule has 1 aromatic rings. The minimum Gasteiger partial charge on any atom is -0.387 e. The summed E-state index contributed by atoms with van der Waals surface area (Å²) >= 11 is 5.80. The number of aliphatic hydroxyl groups excluding tert-OH is 1. The van der Waals surface area contributed by atoms with Crippen LogP contribution in [0.4, 0.5) is 0 Å². The molecule has 1 aromatic carbocycles. The number of benzene rings is 1. The third-order valence-corrected chi connectivity index (χ3v) is 3.41. The molecule has 4 nitrogen and oxygen atoms in total. The van der Waals surface area contributed by atoms with E-state index < -0.39 is 15.9 Å². The molecule has 1 unspecified atom stereocenters. The fourth-order valence-corrected chi connectivity index (χ4v) is 2.30. The summed E-state index contributed by atoms with van der Waals surface area (Å²) in [4.78, 5) is 0.116. The van der Waals surface area contributed by atoms with Crippen molar-refractivity contribution >= 4 is 21.4 Å². The van der Waals surface area contributed by atoms with Crippen molar-refractivity contribution in [2.75, 3.05) is 19.8 Å². The Bertz CT molecular complexity index is 473. The Morgan fingerprint density at radius 3 is 2.56 bits per heavy atom. The van der Waals surface area contributed by atoms with E-state index in [1.165, 1.54) is 12.1 Å². The second-order valence-electron chi connectivity index (χ2n) is 3.57. The summed E-state index contributed by atoms with van der Waals surface area (Å²) < 4.78 is 22.7. The number of halogens is 1. The monoisotopic (exact) mass is 263 g/mol. The van der Waals surface area contributed by atoms with Gasteiger partial charge in [0.05, 0.1) is 11.0 Å². The van der Waals surface area contributed by atoms with Gasteiger partial charge in [0, 0.05) is 17.8 Å². The van der Waals surface area contributed by atoms with Gasteiger partial charge in [0.15, 0.2) is 9.84 Å². The van der Waals surface area contributed by atoms with Crippen LogP contribution >= 0.6 is 11.6 Å². The third kappa shape index (κ3) is 3.45. The Morgan fingerprint density at radius 2 is 2.06 bits per heavy atom. The van der Waals surface area contributed by atoms with Crippen molar-refractivity contribution in [3.05, 3.63) is 28.8 Å². The summed E-state index contributed by atoms with van der Waals surface area (Å²) in [7, 11) is -1.61. The van der Waals surface area contributed by atoms with Gasteiger partial charge in [-0.15, -0.1) is 0 Å². The number of likely N-dealkylation sites (N-methyl/N-ethyl adjacent to an activating group) is 1. The van der Waals surface area contributed by atoms with Gasteiger partial charge < -0.3 is 10.4 Å². The Kier molecular flexibility index (Phi) is 4.32. The van der Waals surface area contributed by atoms with Crippen molar-refractivity contribution in [2.45, 2.75) is 11.0 Å². The highest BCUT2D eigenvalue weighted by Crippen LogP contribution is 2.23. The van der Waals surface area contributed by atoms with Crippen LogP contribution < -0.4 is 5.32 Å². The lowest BCUT2D eigenvalue weighted by Crippen LogP contribution is -2.17. The van der Waals surface area contributed by atoms with E-state index in [4.69, 9.17) is 11.6 Å². The number of sulfone groups is 1. The maximum absolute atomic E-state index is 11.4. The molecule has 0 aliphatic rings. The van der Waals surface area contributed by atoms with Crippen molar-refractivity contribution < 1.29 is 13.5 Å². The van der Waals surface area contributed by atoms with E-state index in [-0.39, 0.29) is 4.90 Å². The first-order chi connectivity index (χ1) is 7.34. The van der Waals surface area contributed by atoms with Crippen molar-refractivity contribution in [1.29, 1.82) is 0 Å². The maximum atomic E-state index is 11.4. The number of hydrogen-bond donors (Lipinski definition) is 2. The summed E-state index contributed by atoms with van der Waals surface area (Å²) in [6.45, 7) is 0.337. The molecule has 0 bridgehead atoms. The molecule has 16 heavy (non-hydrogen) atoms. The molecule has 0 saturated heterocycles. The molecule has 2 N–H and O–H groups in total. The number of hydrogen-bond acceptors (Lipinski definition) is 4. The van der Waals surface area contributed by atoms with Crippen LogP contribution in [0.1, 0.15) is 11.7 Å². The zero-order valence-corrected chi connectivity index (χ0v) is 10.6. The summed E-state index contributed by atoms with van der Waals surface area (Å²) in [5.74, 6) is 0. The number of aliphatic hydroxyl groups is 1. The Labute approximate surface area is 100 Å². The zero-order chi connectivity index (χ0) is 12.3. The van der Waals surface area contributed by atoms with Crippen molar-refractivity contribution in [1.82, 2.24) is 5.32 Å². The largest absolute Gasteiger partial charge is 0.387 e. The van der Waals surface area contributed by atoms with E-state index in [2.05, 4.69) is 5.32 Å². The summed E-state index contributed by atoms with van der Waals surface area (Å²) in [5.41, 5.74) is 0.488. The molecule has 0 aromatic heterocycles. The van der Waals surface area contributed by atoms with Crippen molar-refractivity contribution in [3.63, 3.8) is 0 Å². The molecule has 1 rings (SSSR count). The number of nitrogens with one attached hydrogen (secondary N) is 1. The van der Waals surface area contributed by atoms with Gasteiger partial charge in [-0.2, -0.15) is 0 Å². The highest BCUT2D eigenvalue weighted by atomic mass is 35.5. The molecule has 0 saturated carbocycles. The van der Waals surface area contributed by atoms with E-state index in [0.717, 1.165) is 6.26 Å². The van der Waals surface area contributed by atoms with Crippen LogP contribution in [-0.2, 0) is 9.84 Å². The lowest BCUT2D eigenvalue weighted by molar-refractivity contribution is 0.177. The highest BCUT2D eigenvalue weighted by Gasteiger charge is 2.13. The lowest BCUT2D eigenvalue weighted by Gasteiger charge is -2.12. The summed E-state index contributed by atoms with van der Waals surface area (Å²) in [6, 6.07) is 4.36. The van der Waals surface area contributed by atoms with E-state index in [9.17, 15) is 13.5 Å². The first-order valence-corrected chi connectivity index (χ1v) is 6.94. The van der Waals surface area contributed by atoms with Gasteiger partial charge in [-0.25, -0.2) is 8.42 Å². The molecule has 0 heterocycles. The van der Waals surface area contributed by atoms with Gasteiger partial charge in [-0.1, -0.05) is 11.6 Å². The molecule has 0 spiro atoms. The quantitative estimate of drug-likeness (QED) is 0.851. The maximum Gasteiger partial charge on any atom is 0.175 e. The van der Waals surface area contributed by atoms with Crippen molar-refractivity contribution in [3.8, 4) is 0 Å². The van der Waals surface area contributed by atoms with Crippen LogP contribution in [-0.4, -0.2) is 33.4 Å². The molecule has 0 radical (unpaired) electrons. The van der Waals surface area contributed by atoms with Gasteiger partial charge >= 0.3 is 0 Å². The first kappa shape index (κ1) is 13.4. The van der Waals surface area contributed by atoms with Crippen LogP contribution in [0, 0.1) is 0 Å². The topological polar surface area (TPSA) is 66.4 Å². The van der Waals surface area contributed by atoms with Gasteiger partial charge in [-0.05, 0) is 30.8 Å². The van der Waals surface area contributed by atoms with Crippen LogP contribution in [0.3, 0.4) is 0 Å². The molecule has 0 aliphatic carbocycles. The highest BCUT2D eigenvalue weighted by molar-refractivity contribution is 7.90. The molecular weight excluding hydrogens is 250 g/mol. The second-order valence-corrected chi connectivity index (χ2v) is 6.02. The second kappa shape index (κ2) is 5.14. The van der Waals surface area contributed by atoms with Crippen LogP contribution in [0.25, 0.3) is 0 Å². The normalized spacial score (nSPS) is 13.8. The van der Waals surface area contributed by atoms with E-state index >= 15 is 0 Å². The standard InChI is InChI=1S/C10H14ClNO3S/c1-12-6-10(13)7-3-8(11)5-9(4-7)16(2,14)15/h3-5,10,12-13H,6H2,1-2H3. The molecule has 0 amide bonds. The summed E-state index contributed by atoms with van der Waals surface area (Å²) in [6.07, 6.45) is 0.330. The Balaban J connectivity index is 3.18. The fourth-order valence-electron chi connectivity index (χ4n) is 1.30. The molecule has 90 valence electrons. The van der Waals surface area contributed by atoms with Gasteiger partial charge in [0.1, 0.15) is 0 Å². The smallest absolute Gasteiger partial charge is 0.175 e. The average Bonchev–Trinajstić information content (AvgIpc) is 2.16. The van der Waals surface area contributed by atoms with Gasteiger partial charge in [0.25, 0.3) is 0 Å². The lowest BCUT2D eigenvalue weighted by atomic mass is 10.1. The molecule has 1 atom stereocenters. The van der Waals surface area contributed by atoms with Crippen LogP contribution in [0.5, 0.6) is 0 Å². The van der Waals surface area contributed by atoms with Crippen LogP contribution in [0.2, 0.25) is 5.02 Å². The predicted molar refractivity (Wildman–Crippen MR) is 63.4 cm³/mol. The minimum atomic E-state index is -3.31. The Morgan fingerprint density at radius 1 is 1.44 bits per heavy atom. The van der Waals surface area contributed by atoms with Crippen LogP contribution in [0.15, 0.2) is 23.1 Å². The number of rotatable bonds is 4. The predicted octanol–water partition coefficient (Wildman–Crippen LogP) is 0.996. The van der Waals surface area contributed by atoms with Crippen molar-refractivity contribution in [2.24, 2.45) is 0 Å². The van der Waals surface area contributed by atoms with E-state index in [0.29, 0.717) is 17.1 Å². The summed E-state index contributed by atoms with van der Waals surface area (Å²) in [5, 5.41) is 12.8. The Hall–Kier alpha value is -0.620. The average molecular weight is 264 g/mol. The third-order valence-electron chi connectivity index (χ3n) is 2.10. The minimum absolute atomic E-state index is 0.116. The fraction of sp³-hybridized carbons (Fsp3) is 0.400. The molecule has 0 fully saturated rings. The zero-order valence-electron chi connectivity index (χ0n) is 9.07. The molecular formula is C10H14ClNO3S. The SMILES string of the molecule is CNCC(O)c1cc(Cl)cc(S(C)(=O)=O)c1.